The van der Waals surface area contributed by atoms with Gasteiger partial charge in [-0.15, -0.1) is 0 Å². The normalized spacial score (nSPS) is 22.6. The minimum absolute atomic E-state index is 0.000562. The van der Waals surface area contributed by atoms with E-state index >= 15 is 0 Å². The van der Waals surface area contributed by atoms with Crippen LogP contribution in [0.2, 0.25) is 0 Å². The second-order valence-electron chi connectivity index (χ2n) is 7.85. The monoisotopic (exact) mass is 432 g/mol. The van der Waals surface area contributed by atoms with Gasteiger partial charge < -0.3 is 4.90 Å². The molecule has 4 rings (SSSR count). The predicted molar refractivity (Wildman–Crippen MR) is 113 cm³/mol. The van der Waals surface area contributed by atoms with Crippen molar-refractivity contribution in [1.29, 1.82) is 0 Å². The molecule has 29 heavy (non-hydrogen) atoms. The third kappa shape index (κ3) is 3.83. The molecule has 0 bridgehead atoms. The van der Waals surface area contributed by atoms with Gasteiger partial charge in [-0.25, -0.2) is 21.8 Å². The first-order chi connectivity index (χ1) is 13.7. The smallest absolute Gasteiger partial charge is 0.204 e. The maximum atomic E-state index is 13.5. The summed E-state index contributed by atoms with van der Waals surface area (Å²) in [4.78, 5) is 6.08. The summed E-state index contributed by atoms with van der Waals surface area (Å²) >= 11 is 0. The first-order valence-electron chi connectivity index (χ1n) is 9.58. The fraction of sp³-hybridized carbons (Fsp3) is 0.381. The highest BCUT2D eigenvalue weighted by atomic mass is 32.2. The van der Waals surface area contributed by atoms with Crippen LogP contribution in [0.1, 0.15) is 24.0 Å². The van der Waals surface area contributed by atoms with E-state index in [-0.39, 0.29) is 16.6 Å². The molecule has 1 heterocycles. The van der Waals surface area contributed by atoms with Gasteiger partial charge in [0.05, 0.1) is 10.6 Å². The summed E-state index contributed by atoms with van der Waals surface area (Å²) in [7, 11) is -6.08. The number of hydrogen-bond acceptors (Lipinski definition) is 6. The molecule has 0 N–H and O–H groups in total. The number of sulfone groups is 2. The van der Waals surface area contributed by atoms with Gasteiger partial charge in [-0.1, -0.05) is 42.5 Å². The van der Waals surface area contributed by atoms with Crippen LogP contribution in [-0.2, 0) is 19.7 Å². The lowest BCUT2D eigenvalue weighted by atomic mass is 10.2. The molecule has 2 aromatic rings. The first kappa shape index (κ1) is 20.1. The molecule has 1 saturated carbocycles. The summed E-state index contributed by atoms with van der Waals surface area (Å²) in [6.07, 6.45) is 1.74. The molecule has 154 valence electrons. The minimum atomic E-state index is -3.99. The lowest BCUT2D eigenvalue weighted by Gasteiger charge is -2.26. The number of aliphatic imine (C=N–C) groups is 1. The summed E-state index contributed by atoms with van der Waals surface area (Å²) in [5.74, 6) is 0.507. The van der Waals surface area contributed by atoms with Crippen molar-refractivity contribution in [3.8, 4) is 0 Å². The zero-order valence-corrected chi connectivity index (χ0v) is 18.0. The standard InChI is InChI=1S/C21H24N2O4S2/c1-15-7-6-10-18(13-15)29(26,27)20-21(28(24,25)14-16-11-12-16)23(2)19(22-20)17-8-4-3-5-9-17/h3-10,13,16,20-21H,11-12,14H2,1-2H3. The van der Waals surface area contributed by atoms with E-state index in [0.29, 0.717) is 11.4 Å². The fourth-order valence-electron chi connectivity index (χ4n) is 3.74. The van der Waals surface area contributed by atoms with Crippen LogP contribution in [0, 0.1) is 12.8 Å². The van der Waals surface area contributed by atoms with Crippen LogP contribution < -0.4 is 0 Å². The van der Waals surface area contributed by atoms with E-state index in [2.05, 4.69) is 4.99 Å². The van der Waals surface area contributed by atoms with Gasteiger partial charge in [0.1, 0.15) is 5.84 Å². The van der Waals surface area contributed by atoms with Crippen molar-refractivity contribution in [2.75, 3.05) is 12.8 Å². The van der Waals surface area contributed by atoms with Crippen LogP contribution in [0.4, 0.5) is 0 Å². The van der Waals surface area contributed by atoms with Crippen LogP contribution in [-0.4, -0.2) is 51.1 Å². The summed E-state index contributed by atoms with van der Waals surface area (Å²) < 4.78 is 53.4. The van der Waals surface area contributed by atoms with E-state index in [1.165, 1.54) is 11.0 Å². The SMILES string of the molecule is Cc1cccc(S(=O)(=O)C2N=C(c3ccccc3)N(C)C2S(=O)(=O)CC2CC2)c1. The Hall–Kier alpha value is -2.19. The zero-order valence-electron chi connectivity index (χ0n) is 16.4. The summed E-state index contributed by atoms with van der Waals surface area (Å²) in [6.45, 7) is 1.81. The minimum Gasteiger partial charge on any atom is -0.340 e. The Morgan fingerprint density at radius 2 is 1.69 bits per heavy atom. The number of aryl methyl sites for hydroxylation is 1. The lowest BCUT2D eigenvalue weighted by molar-refractivity contribution is 0.453. The molecule has 0 radical (unpaired) electrons. The second kappa shape index (κ2) is 7.25. The predicted octanol–water partition coefficient (Wildman–Crippen LogP) is 2.64. The van der Waals surface area contributed by atoms with Crippen LogP contribution in [0.5, 0.6) is 0 Å². The Kier molecular flexibility index (Phi) is 5.02. The van der Waals surface area contributed by atoms with Gasteiger partial charge in [0.15, 0.2) is 20.6 Å². The molecule has 2 atom stereocenters. The molecule has 0 saturated heterocycles. The van der Waals surface area contributed by atoms with E-state index in [1.54, 1.807) is 32.2 Å². The molecule has 6 nitrogen and oxygen atoms in total. The fourth-order valence-corrected chi connectivity index (χ4v) is 8.49. The van der Waals surface area contributed by atoms with Crippen molar-refractivity contribution in [3.05, 3.63) is 65.7 Å². The summed E-state index contributed by atoms with van der Waals surface area (Å²) in [6, 6.07) is 15.6. The molecular weight excluding hydrogens is 408 g/mol. The van der Waals surface area contributed by atoms with Crippen LogP contribution in [0.15, 0.2) is 64.5 Å². The molecule has 0 amide bonds. The Labute approximate surface area is 172 Å². The third-order valence-corrected chi connectivity index (χ3v) is 9.74. The van der Waals surface area contributed by atoms with E-state index in [9.17, 15) is 16.8 Å². The summed E-state index contributed by atoms with van der Waals surface area (Å²) in [5, 5.41) is -2.63. The topological polar surface area (TPSA) is 83.9 Å². The van der Waals surface area contributed by atoms with Crippen LogP contribution in [0.3, 0.4) is 0 Å². The molecule has 0 spiro atoms. The van der Waals surface area contributed by atoms with Gasteiger partial charge in [-0.05, 0) is 43.4 Å². The van der Waals surface area contributed by atoms with Crippen LogP contribution >= 0.6 is 0 Å². The van der Waals surface area contributed by atoms with E-state index < -0.39 is 30.4 Å². The molecule has 2 unspecified atom stereocenters. The molecule has 8 heteroatoms. The zero-order chi connectivity index (χ0) is 20.8. The summed E-state index contributed by atoms with van der Waals surface area (Å²) in [5.41, 5.74) is 1.49. The molecule has 2 aliphatic rings. The molecule has 1 fully saturated rings. The highest BCUT2D eigenvalue weighted by Gasteiger charge is 2.51. The average Bonchev–Trinajstić information content (AvgIpc) is 3.40. The Morgan fingerprint density at radius 3 is 2.31 bits per heavy atom. The van der Waals surface area contributed by atoms with Gasteiger partial charge in [-0.3, -0.25) is 0 Å². The number of benzene rings is 2. The van der Waals surface area contributed by atoms with Gasteiger partial charge >= 0.3 is 0 Å². The van der Waals surface area contributed by atoms with Gasteiger partial charge in [0, 0.05) is 12.6 Å². The number of amidine groups is 1. The molecule has 1 aliphatic carbocycles. The molecule has 0 aromatic heterocycles. The van der Waals surface area contributed by atoms with Gasteiger partial charge in [0.25, 0.3) is 0 Å². The van der Waals surface area contributed by atoms with Gasteiger partial charge in [-0.2, -0.15) is 0 Å². The number of hydrogen-bond donors (Lipinski definition) is 0. The molecular formula is C21H24N2O4S2. The van der Waals surface area contributed by atoms with E-state index in [4.69, 9.17) is 0 Å². The largest absolute Gasteiger partial charge is 0.340 e. The maximum Gasteiger partial charge on any atom is 0.204 e. The Bertz CT molecular complexity index is 1150. The number of nitrogens with zero attached hydrogens (tertiary/aromatic N) is 2. The van der Waals surface area contributed by atoms with E-state index in [0.717, 1.165) is 18.4 Å². The van der Waals surface area contributed by atoms with Crippen molar-refractivity contribution < 1.29 is 16.8 Å². The highest BCUT2D eigenvalue weighted by Crippen LogP contribution is 2.36. The maximum absolute atomic E-state index is 13.5. The van der Waals surface area contributed by atoms with Crippen molar-refractivity contribution in [3.63, 3.8) is 0 Å². The quantitative estimate of drug-likeness (QED) is 0.701. The molecule has 1 aliphatic heterocycles. The van der Waals surface area contributed by atoms with Gasteiger partial charge in [0.2, 0.25) is 9.84 Å². The number of likely N-dealkylation sites (N-methyl/N-ethyl adjacent to an activating group) is 1. The van der Waals surface area contributed by atoms with E-state index in [1.807, 2.05) is 30.3 Å². The Morgan fingerprint density at radius 1 is 1.00 bits per heavy atom. The molecule has 2 aromatic carbocycles. The first-order valence-corrected chi connectivity index (χ1v) is 12.8. The van der Waals surface area contributed by atoms with Crippen molar-refractivity contribution in [2.24, 2.45) is 10.9 Å². The second-order valence-corrected chi connectivity index (χ2v) is 12.0. The third-order valence-electron chi connectivity index (χ3n) is 5.41. The lowest BCUT2D eigenvalue weighted by Crippen LogP contribution is -2.47. The van der Waals surface area contributed by atoms with Crippen molar-refractivity contribution in [2.45, 2.75) is 35.4 Å². The number of rotatable bonds is 6. The Balaban J connectivity index is 1.83. The van der Waals surface area contributed by atoms with Crippen molar-refractivity contribution in [1.82, 2.24) is 4.90 Å². The van der Waals surface area contributed by atoms with Crippen molar-refractivity contribution >= 4 is 25.5 Å². The average molecular weight is 433 g/mol. The highest BCUT2D eigenvalue weighted by molar-refractivity contribution is 7.96. The van der Waals surface area contributed by atoms with Crippen LogP contribution in [0.25, 0.3) is 0 Å².